The molecule has 0 aliphatic carbocycles. The molecule has 1 amide bonds. The molecule has 0 atom stereocenters. The molecule has 2 heterocycles. The maximum Gasteiger partial charge on any atom is 0.340 e. The van der Waals surface area contributed by atoms with E-state index < -0.39 is 24.9 Å². The molecule has 0 fully saturated rings. The van der Waals surface area contributed by atoms with Crippen LogP contribution < -0.4 is 15.8 Å². The highest BCUT2D eigenvalue weighted by Crippen LogP contribution is 2.24. The minimum atomic E-state index is -4.27. The number of nitrogens with one attached hydrogen (secondary N) is 1. The predicted molar refractivity (Wildman–Crippen MR) is 89.7 cm³/mol. The molecule has 0 radical (unpaired) electrons. The van der Waals surface area contributed by atoms with Gasteiger partial charge in [0.2, 0.25) is 5.88 Å². The zero-order chi connectivity index (χ0) is 17.7. The van der Waals surface area contributed by atoms with E-state index in [1.807, 2.05) is 0 Å². The summed E-state index contributed by atoms with van der Waals surface area (Å²) >= 11 is 0. The van der Waals surface area contributed by atoms with Crippen LogP contribution in [0.2, 0.25) is 0 Å². The first-order valence-electron chi connectivity index (χ1n) is 6.65. The van der Waals surface area contributed by atoms with Gasteiger partial charge < -0.3 is 20.2 Å². The maximum absolute atomic E-state index is 12.7. The number of nitrogens with zero attached hydrogens (tertiary/aromatic N) is 1. The third kappa shape index (κ3) is 6.36. The number of ether oxygens (including phenoxy) is 1. The lowest BCUT2D eigenvalue weighted by Gasteiger charge is -2.15. The second-order valence-electron chi connectivity index (χ2n) is 4.70. The molecule has 0 saturated carbocycles. The average molecular weight is 420 g/mol. The summed E-state index contributed by atoms with van der Waals surface area (Å²) in [6.45, 7) is -1.36. The van der Waals surface area contributed by atoms with Crippen LogP contribution in [0.5, 0.6) is 5.88 Å². The third-order valence-electron chi connectivity index (χ3n) is 2.84. The lowest BCUT2D eigenvalue weighted by atomic mass is 10.3. The second kappa shape index (κ2) is 10.2. The smallest absolute Gasteiger partial charge is 0.340 e. The van der Waals surface area contributed by atoms with Gasteiger partial charge in [0.05, 0.1) is 24.0 Å². The van der Waals surface area contributed by atoms with E-state index in [9.17, 15) is 22.4 Å². The van der Waals surface area contributed by atoms with Crippen molar-refractivity contribution < 1.29 is 31.5 Å². The molecule has 2 aromatic rings. The fourth-order valence-electron chi connectivity index (χ4n) is 1.58. The number of carbonyl (C=O) groups excluding carboxylic acids is 1. The van der Waals surface area contributed by atoms with Gasteiger partial charge in [-0.05, 0) is 12.1 Å². The van der Waals surface area contributed by atoms with Crippen molar-refractivity contribution in [2.24, 2.45) is 5.73 Å². The minimum Gasteiger partial charge on any atom is -0.471 e. The molecule has 0 aliphatic rings. The zero-order valence-corrected chi connectivity index (χ0v) is 14.6. The van der Waals surface area contributed by atoms with E-state index in [2.05, 4.69) is 15.0 Å². The van der Waals surface area contributed by atoms with E-state index in [-0.39, 0.29) is 48.5 Å². The molecule has 2 rings (SSSR count). The van der Waals surface area contributed by atoms with Gasteiger partial charge in [-0.1, -0.05) is 0 Å². The van der Waals surface area contributed by atoms with Crippen molar-refractivity contribution in [1.29, 1.82) is 0 Å². The highest BCUT2D eigenvalue weighted by molar-refractivity contribution is 6.04. The van der Waals surface area contributed by atoms with Gasteiger partial charge in [0.1, 0.15) is 12.0 Å². The summed E-state index contributed by atoms with van der Waals surface area (Å²) < 4.78 is 59.0. The second-order valence-corrected chi connectivity index (χ2v) is 4.70. The molecule has 12 heteroatoms. The van der Waals surface area contributed by atoms with Crippen molar-refractivity contribution in [2.45, 2.75) is 18.9 Å². The van der Waals surface area contributed by atoms with Crippen LogP contribution in [0, 0.1) is 0 Å². The van der Waals surface area contributed by atoms with E-state index >= 15 is 0 Å². The maximum atomic E-state index is 12.7. The van der Waals surface area contributed by atoms with Crippen LogP contribution in [0.3, 0.4) is 0 Å². The van der Waals surface area contributed by atoms with Gasteiger partial charge >= 0.3 is 12.3 Å². The predicted octanol–water partition coefficient (Wildman–Crippen LogP) is 3.51. The van der Waals surface area contributed by atoms with Gasteiger partial charge in [0.25, 0.3) is 5.91 Å². The first-order valence-corrected chi connectivity index (χ1v) is 6.65. The number of halogens is 6. The Morgan fingerprint density at radius 1 is 1.35 bits per heavy atom. The number of rotatable bonds is 7. The fraction of sp³-hybridized carbons (Fsp3) is 0.286. The Bertz CT molecular complexity index is 699. The first-order chi connectivity index (χ1) is 11.3. The normalized spacial score (nSPS) is 10.7. The van der Waals surface area contributed by atoms with E-state index in [1.54, 1.807) is 0 Å². The van der Waals surface area contributed by atoms with Gasteiger partial charge in [0.15, 0.2) is 6.61 Å². The number of alkyl halides is 4. The number of pyridine rings is 1. The number of nitrogens with two attached hydrogens (primary N) is 1. The number of anilines is 1. The molecular weight excluding hydrogens is 405 g/mol. The Hall–Kier alpha value is -2.04. The third-order valence-corrected chi connectivity index (χ3v) is 2.84. The van der Waals surface area contributed by atoms with Crippen LogP contribution >= 0.6 is 24.8 Å². The fourth-order valence-corrected chi connectivity index (χ4v) is 1.58. The largest absolute Gasteiger partial charge is 0.471 e. The molecule has 0 unspecified atom stereocenters. The number of hydrogen-bond donors (Lipinski definition) is 2. The standard InChI is InChI=1S/C14H13F4N3O3.2ClH/c15-13(16)14(17,18)7-24-11-2-1-9(5-20-11)21-12(22)8-3-10(4-19)23-6-8;;/h1-3,5-6,13H,4,7,19H2,(H,21,22);2*1H. The summed E-state index contributed by atoms with van der Waals surface area (Å²) in [6.07, 6.45) is -1.46. The lowest BCUT2D eigenvalue weighted by Crippen LogP contribution is -2.33. The van der Waals surface area contributed by atoms with Crippen molar-refractivity contribution >= 4 is 36.4 Å². The molecule has 0 bridgehead atoms. The molecule has 6 nitrogen and oxygen atoms in total. The topological polar surface area (TPSA) is 90.4 Å². The molecular formula is C14H15Cl2F4N3O3. The van der Waals surface area contributed by atoms with Gasteiger partial charge in [-0.3, -0.25) is 4.79 Å². The Morgan fingerprint density at radius 2 is 2.04 bits per heavy atom. The van der Waals surface area contributed by atoms with Crippen LogP contribution in [0.25, 0.3) is 0 Å². The van der Waals surface area contributed by atoms with Crippen LogP contribution in [-0.2, 0) is 6.54 Å². The van der Waals surface area contributed by atoms with Gasteiger partial charge in [-0.15, -0.1) is 24.8 Å². The minimum absolute atomic E-state index is 0. The molecule has 0 aliphatic heterocycles. The zero-order valence-electron chi connectivity index (χ0n) is 13.0. The number of hydrogen-bond acceptors (Lipinski definition) is 5. The number of furan rings is 1. The first kappa shape index (κ1) is 24.0. The molecule has 0 aromatic carbocycles. The van der Waals surface area contributed by atoms with Crippen LogP contribution in [0.15, 0.2) is 35.1 Å². The Morgan fingerprint density at radius 3 is 2.54 bits per heavy atom. The lowest BCUT2D eigenvalue weighted by molar-refractivity contribution is -0.148. The summed E-state index contributed by atoms with van der Waals surface area (Å²) in [5.41, 5.74) is 5.86. The molecule has 3 N–H and O–H groups in total. The van der Waals surface area contributed by atoms with E-state index in [0.29, 0.717) is 5.76 Å². The van der Waals surface area contributed by atoms with Crippen molar-refractivity contribution in [3.63, 3.8) is 0 Å². The van der Waals surface area contributed by atoms with Crippen molar-refractivity contribution in [3.8, 4) is 5.88 Å². The SMILES string of the molecule is Cl.Cl.NCc1cc(C(=O)Nc2ccc(OCC(F)(F)C(F)F)nc2)co1. The van der Waals surface area contributed by atoms with Crippen molar-refractivity contribution in [2.75, 3.05) is 11.9 Å². The summed E-state index contributed by atoms with van der Waals surface area (Å²) in [5, 5.41) is 2.49. The van der Waals surface area contributed by atoms with E-state index in [1.165, 1.54) is 18.4 Å². The van der Waals surface area contributed by atoms with Gasteiger partial charge in [-0.25, -0.2) is 13.8 Å². The highest BCUT2D eigenvalue weighted by Gasteiger charge is 2.41. The number of aromatic nitrogens is 1. The Kier molecular flexibility index (Phi) is 9.39. The average Bonchev–Trinajstić information content (AvgIpc) is 3.03. The van der Waals surface area contributed by atoms with Crippen LogP contribution in [0.1, 0.15) is 16.1 Å². The molecule has 26 heavy (non-hydrogen) atoms. The number of amides is 1. The number of carbonyl (C=O) groups is 1. The quantitative estimate of drug-likeness (QED) is 0.670. The van der Waals surface area contributed by atoms with Crippen molar-refractivity contribution in [3.05, 3.63) is 42.0 Å². The monoisotopic (exact) mass is 419 g/mol. The van der Waals surface area contributed by atoms with Gasteiger partial charge in [-0.2, -0.15) is 8.78 Å². The van der Waals surface area contributed by atoms with E-state index in [0.717, 1.165) is 12.3 Å². The van der Waals surface area contributed by atoms with Gasteiger partial charge in [0, 0.05) is 6.07 Å². The Labute approximate surface area is 157 Å². The molecule has 2 aromatic heterocycles. The molecule has 146 valence electrons. The van der Waals surface area contributed by atoms with Crippen LogP contribution in [-0.4, -0.2) is 29.8 Å². The highest BCUT2D eigenvalue weighted by atomic mass is 35.5. The van der Waals surface area contributed by atoms with Crippen LogP contribution in [0.4, 0.5) is 23.2 Å². The summed E-state index contributed by atoms with van der Waals surface area (Å²) in [4.78, 5) is 15.6. The summed E-state index contributed by atoms with van der Waals surface area (Å²) in [7, 11) is 0. The van der Waals surface area contributed by atoms with E-state index in [4.69, 9.17) is 10.2 Å². The Balaban J connectivity index is 0.00000312. The summed E-state index contributed by atoms with van der Waals surface area (Å²) in [6, 6.07) is 3.95. The van der Waals surface area contributed by atoms with Crippen molar-refractivity contribution in [1.82, 2.24) is 4.98 Å². The summed E-state index contributed by atoms with van der Waals surface area (Å²) in [5.74, 6) is -4.60. The molecule has 0 spiro atoms. The molecule has 0 saturated heterocycles.